The molecule has 1 fully saturated rings. The second-order valence-electron chi connectivity index (χ2n) is 5.03. The van der Waals surface area contributed by atoms with Gasteiger partial charge in [0.1, 0.15) is 12.0 Å². The second kappa shape index (κ2) is 5.00. The van der Waals surface area contributed by atoms with Gasteiger partial charge in [-0.15, -0.1) is 0 Å². The zero-order valence-electron chi connectivity index (χ0n) is 10.8. The third kappa shape index (κ3) is 2.75. The lowest BCUT2D eigenvalue weighted by Gasteiger charge is -2.33. The van der Waals surface area contributed by atoms with E-state index in [1.165, 1.54) is 13.2 Å². The molecule has 2 rings (SSSR count). The lowest BCUT2D eigenvalue weighted by molar-refractivity contribution is 0.101. The van der Waals surface area contributed by atoms with Crippen LogP contribution in [0.3, 0.4) is 0 Å². The van der Waals surface area contributed by atoms with Crippen molar-refractivity contribution < 1.29 is 9.21 Å². The molecule has 4 heteroatoms. The molecule has 0 aliphatic carbocycles. The van der Waals surface area contributed by atoms with Crippen LogP contribution in [0.25, 0.3) is 0 Å². The molecule has 1 aliphatic rings. The van der Waals surface area contributed by atoms with Crippen molar-refractivity contribution in [1.82, 2.24) is 9.88 Å². The second-order valence-corrected chi connectivity index (χ2v) is 5.03. The van der Waals surface area contributed by atoms with Crippen LogP contribution < -0.4 is 0 Å². The van der Waals surface area contributed by atoms with E-state index in [9.17, 15) is 4.79 Å². The summed E-state index contributed by atoms with van der Waals surface area (Å²) in [6, 6.07) is 0.605. The maximum Gasteiger partial charge on any atom is 0.197 e. The molecule has 1 saturated heterocycles. The molecular formula is C13H20N2O2. The Balaban J connectivity index is 1.98. The SMILES string of the molecule is CC(=O)c1coc(C2CCN(C(C)C)CC2)n1. The van der Waals surface area contributed by atoms with Gasteiger partial charge in [-0.05, 0) is 39.8 Å². The predicted molar refractivity (Wildman–Crippen MR) is 65.2 cm³/mol. The maximum atomic E-state index is 11.2. The average Bonchev–Trinajstić information content (AvgIpc) is 2.78. The molecule has 2 heterocycles. The van der Waals surface area contributed by atoms with Gasteiger partial charge in [-0.2, -0.15) is 0 Å². The van der Waals surface area contributed by atoms with Gasteiger partial charge >= 0.3 is 0 Å². The first-order chi connectivity index (χ1) is 8.08. The molecular weight excluding hydrogens is 216 g/mol. The topological polar surface area (TPSA) is 46.3 Å². The first kappa shape index (κ1) is 12.3. The standard InChI is InChI=1S/C13H20N2O2/c1-9(2)15-6-4-11(5-7-15)13-14-12(8-17-13)10(3)16/h8-9,11H,4-7H2,1-3H3. The van der Waals surface area contributed by atoms with Gasteiger partial charge in [-0.3, -0.25) is 4.79 Å². The molecule has 0 amide bonds. The smallest absolute Gasteiger partial charge is 0.197 e. The highest BCUT2D eigenvalue weighted by Gasteiger charge is 2.25. The molecule has 0 spiro atoms. The third-order valence-electron chi connectivity index (χ3n) is 3.49. The largest absolute Gasteiger partial charge is 0.448 e. The molecule has 0 radical (unpaired) electrons. The number of hydrogen-bond donors (Lipinski definition) is 0. The summed E-state index contributed by atoms with van der Waals surface area (Å²) >= 11 is 0. The van der Waals surface area contributed by atoms with Gasteiger partial charge in [-0.1, -0.05) is 0 Å². The average molecular weight is 236 g/mol. The minimum atomic E-state index is -0.0281. The van der Waals surface area contributed by atoms with Gasteiger partial charge in [0.25, 0.3) is 0 Å². The summed E-state index contributed by atoms with van der Waals surface area (Å²) in [5.74, 6) is 1.08. The van der Waals surface area contributed by atoms with Gasteiger partial charge in [0, 0.05) is 18.9 Å². The highest BCUT2D eigenvalue weighted by atomic mass is 16.3. The van der Waals surface area contributed by atoms with E-state index < -0.39 is 0 Å². The van der Waals surface area contributed by atoms with Crippen LogP contribution >= 0.6 is 0 Å². The van der Waals surface area contributed by atoms with Gasteiger partial charge in [0.05, 0.1) is 0 Å². The van der Waals surface area contributed by atoms with Crippen molar-refractivity contribution in [2.45, 2.75) is 45.6 Å². The molecule has 0 bridgehead atoms. The lowest BCUT2D eigenvalue weighted by Crippen LogP contribution is -2.37. The summed E-state index contributed by atoms with van der Waals surface area (Å²) < 4.78 is 5.41. The normalized spacial score (nSPS) is 18.8. The number of likely N-dealkylation sites (tertiary alicyclic amines) is 1. The van der Waals surface area contributed by atoms with Crippen LogP contribution in [0, 0.1) is 0 Å². The van der Waals surface area contributed by atoms with Crippen molar-refractivity contribution in [3.63, 3.8) is 0 Å². The number of nitrogens with zero attached hydrogens (tertiary/aromatic N) is 2. The number of rotatable bonds is 3. The zero-order chi connectivity index (χ0) is 12.4. The van der Waals surface area contributed by atoms with E-state index in [0.29, 0.717) is 17.7 Å². The predicted octanol–water partition coefficient (Wildman–Crippen LogP) is 2.47. The van der Waals surface area contributed by atoms with E-state index in [1.807, 2.05) is 0 Å². The number of oxazole rings is 1. The summed E-state index contributed by atoms with van der Waals surface area (Å²) in [6.07, 6.45) is 3.61. The molecule has 0 atom stereocenters. The molecule has 0 saturated carbocycles. The monoisotopic (exact) mass is 236 g/mol. The third-order valence-corrected chi connectivity index (χ3v) is 3.49. The minimum absolute atomic E-state index is 0.0281. The summed E-state index contributed by atoms with van der Waals surface area (Å²) in [4.78, 5) is 17.9. The summed E-state index contributed by atoms with van der Waals surface area (Å²) in [5, 5.41) is 0. The van der Waals surface area contributed by atoms with Gasteiger partial charge in [0.2, 0.25) is 0 Å². The molecule has 0 N–H and O–H groups in total. The van der Waals surface area contributed by atoms with Crippen molar-refractivity contribution in [1.29, 1.82) is 0 Å². The molecule has 1 aromatic rings. The van der Waals surface area contributed by atoms with Crippen LogP contribution in [0.15, 0.2) is 10.7 Å². The number of carbonyl (C=O) groups excluding carboxylic acids is 1. The van der Waals surface area contributed by atoms with Crippen LogP contribution in [0.2, 0.25) is 0 Å². The Bertz CT molecular complexity index is 390. The lowest BCUT2D eigenvalue weighted by atomic mass is 9.96. The van der Waals surface area contributed by atoms with E-state index in [1.54, 1.807) is 0 Å². The number of aromatic nitrogens is 1. The number of piperidine rings is 1. The van der Waals surface area contributed by atoms with Gasteiger partial charge < -0.3 is 9.32 Å². The molecule has 17 heavy (non-hydrogen) atoms. The highest BCUT2D eigenvalue weighted by molar-refractivity contribution is 5.91. The molecule has 94 valence electrons. The number of Topliss-reactive ketones (excluding diaryl/α,β-unsaturated/α-hetero) is 1. The summed E-state index contributed by atoms with van der Waals surface area (Å²) in [5.41, 5.74) is 0.450. The fourth-order valence-electron chi connectivity index (χ4n) is 2.30. The molecule has 4 nitrogen and oxygen atoms in total. The molecule has 0 unspecified atom stereocenters. The van der Waals surface area contributed by atoms with E-state index in [0.717, 1.165) is 31.8 Å². The van der Waals surface area contributed by atoms with Gasteiger partial charge in [-0.25, -0.2) is 4.98 Å². The highest BCUT2D eigenvalue weighted by Crippen LogP contribution is 2.28. The number of ketones is 1. The Morgan fingerprint density at radius 1 is 1.47 bits per heavy atom. The number of hydrogen-bond acceptors (Lipinski definition) is 4. The Hall–Kier alpha value is -1.16. The van der Waals surface area contributed by atoms with E-state index in [-0.39, 0.29) is 5.78 Å². The fourth-order valence-corrected chi connectivity index (χ4v) is 2.30. The van der Waals surface area contributed by atoms with Gasteiger partial charge in [0.15, 0.2) is 11.7 Å². The summed E-state index contributed by atoms with van der Waals surface area (Å²) in [6.45, 7) is 8.13. The molecule has 1 aromatic heterocycles. The first-order valence-electron chi connectivity index (χ1n) is 6.28. The van der Waals surface area contributed by atoms with Crippen molar-refractivity contribution in [2.24, 2.45) is 0 Å². The number of carbonyl (C=O) groups is 1. The van der Waals surface area contributed by atoms with E-state index >= 15 is 0 Å². The maximum absolute atomic E-state index is 11.2. The summed E-state index contributed by atoms with van der Waals surface area (Å²) in [7, 11) is 0. The quantitative estimate of drug-likeness (QED) is 0.756. The zero-order valence-corrected chi connectivity index (χ0v) is 10.8. The van der Waals surface area contributed by atoms with Crippen LogP contribution in [-0.4, -0.2) is 34.8 Å². The molecule has 0 aromatic carbocycles. The van der Waals surface area contributed by atoms with Crippen molar-refractivity contribution in [2.75, 3.05) is 13.1 Å². The van der Waals surface area contributed by atoms with Crippen molar-refractivity contribution in [3.05, 3.63) is 17.8 Å². The Morgan fingerprint density at radius 3 is 2.59 bits per heavy atom. The Kier molecular flexibility index (Phi) is 3.62. The van der Waals surface area contributed by atoms with Crippen molar-refractivity contribution >= 4 is 5.78 Å². The van der Waals surface area contributed by atoms with E-state index in [2.05, 4.69) is 23.7 Å². The van der Waals surface area contributed by atoms with Crippen LogP contribution in [-0.2, 0) is 0 Å². The Labute approximate surface area is 102 Å². The van der Waals surface area contributed by atoms with Crippen molar-refractivity contribution in [3.8, 4) is 0 Å². The Morgan fingerprint density at radius 2 is 2.12 bits per heavy atom. The first-order valence-corrected chi connectivity index (χ1v) is 6.28. The van der Waals surface area contributed by atoms with Crippen LogP contribution in [0.1, 0.15) is 55.9 Å². The van der Waals surface area contributed by atoms with Crippen LogP contribution in [0.4, 0.5) is 0 Å². The van der Waals surface area contributed by atoms with E-state index in [4.69, 9.17) is 4.42 Å². The minimum Gasteiger partial charge on any atom is -0.448 e. The fraction of sp³-hybridized carbons (Fsp3) is 0.692. The van der Waals surface area contributed by atoms with Crippen LogP contribution in [0.5, 0.6) is 0 Å². The molecule has 1 aliphatic heterocycles.